The highest BCUT2D eigenvalue weighted by Crippen LogP contribution is 2.22. The Morgan fingerprint density at radius 2 is 2.08 bits per heavy atom. The lowest BCUT2D eigenvalue weighted by molar-refractivity contribution is -0.116. The Kier molecular flexibility index (Phi) is 6.59. The first kappa shape index (κ1) is 19.4. The van der Waals surface area contributed by atoms with Gasteiger partial charge in [-0.05, 0) is 49.3 Å². The number of amides is 2. The minimum atomic E-state index is -0.441. The summed E-state index contributed by atoms with van der Waals surface area (Å²) in [6.07, 6.45) is 3.44. The molecule has 2 N–H and O–H groups in total. The number of β-amino-alcohol motifs (C(OH)–C–C–N with tert-alkyl or cyclic N) is 1. The van der Waals surface area contributed by atoms with Gasteiger partial charge in [0.2, 0.25) is 5.91 Å². The molecule has 0 bridgehead atoms. The van der Waals surface area contributed by atoms with Crippen LogP contribution < -0.4 is 5.32 Å². The minimum Gasteiger partial charge on any atom is -0.391 e. The number of benzene rings is 1. The maximum atomic E-state index is 12.6. The fraction of sp³-hybridized carbons (Fsp3) is 0.600. The molecular formula is C20H30N2O3. The molecule has 0 radical (unpaired) electrons. The van der Waals surface area contributed by atoms with E-state index in [2.05, 4.69) is 26.1 Å². The molecule has 1 aromatic carbocycles. The predicted octanol–water partition coefficient (Wildman–Crippen LogP) is 3.44. The Morgan fingerprint density at radius 1 is 1.32 bits per heavy atom. The van der Waals surface area contributed by atoms with Crippen LogP contribution in [0.4, 0.5) is 5.69 Å². The number of rotatable bonds is 5. The molecule has 2 rings (SSSR count). The predicted molar refractivity (Wildman–Crippen MR) is 99.5 cm³/mol. The minimum absolute atomic E-state index is 0.0257. The fourth-order valence-corrected chi connectivity index (χ4v) is 3.05. The molecule has 1 saturated heterocycles. The molecule has 0 spiro atoms. The van der Waals surface area contributed by atoms with E-state index < -0.39 is 6.10 Å². The Balaban J connectivity index is 1.92. The number of hydrogen-bond acceptors (Lipinski definition) is 3. The highest BCUT2D eigenvalue weighted by Gasteiger charge is 2.23. The Morgan fingerprint density at radius 3 is 2.76 bits per heavy atom. The van der Waals surface area contributed by atoms with Crippen LogP contribution in [0, 0.1) is 5.41 Å². The summed E-state index contributed by atoms with van der Waals surface area (Å²) in [7, 11) is 0. The van der Waals surface area contributed by atoms with E-state index in [9.17, 15) is 14.7 Å². The summed E-state index contributed by atoms with van der Waals surface area (Å²) in [5.74, 6) is -0.121. The van der Waals surface area contributed by atoms with Gasteiger partial charge in [-0.1, -0.05) is 26.8 Å². The summed E-state index contributed by atoms with van der Waals surface area (Å²) in [5.41, 5.74) is 1.41. The van der Waals surface area contributed by atoms with Gasteiger partial charge in [0, 0.05) is 30.8 Å². The molecule has 5 nitrogen and oxygen atoms in total. The first-order chi connectivity index (χ1) is 11.7. The monoisotopic (exact) mass is 346 g/mol. The highest BCUT2D eigenvalue weighted by atomic mass is 16.3. The van der Waals surface area contributed by atoms with Gasteiger partial charge in [0.1, 0.15) is 0 Å². The average molecular weight is 346 g/mol. The van der Waals surface area contributed by atoms with Crippen LogP contribution in [-0.2, 0) is 4.79 Å². The number of anilines is 1. The lowest BCUT2D eigenvalue weighted by Crippen LogP contribution is -2.42. The van der Waals surface area contributed by atoms with Gasteiger partial charge in [0.15, 0.2) is 0 Å². The summed E-state index contributed by atoms with van der Waals surface area (Å²) >= 11 is 0. The van der Waals surface area contributed by atoms with Crippen LogP contribution in [0.15, 0.2) is 24.3 Å². The Bertz CT molecular complexity index is 607. The molecule has 0 saturated carbocycles. The Labute approximate surface area is 150 Å². The highest BCUT2D eigenvalue weighted by molar-refractivity contribution is 5.97. The van der Waals surface area contributed by atoms with E-state index in [1.165, 1.54) is 0 Å². The molecule has 1 fully saturated rings. The maximum Gasteiger partial charge on any atom is 0.254 e. The van der Waals surface area contributed by atoms with Crippen LogP contribution >= 0.6 is 0 Å². The summed E-state index contributed by atoms with van der Waals surface area (Å²) in [4.78, 5) is 26.3. The number of carbonyl (C=O) groups excluding carboxylic acids is 2. The van der Waals surface area contributed by atoms with E-state index in [1.54, 1.807) is 29.2 Å². The number of aliphatic hydroxyl groups is 1. The second-order valence-corrected chi connectivity index (χ2v) is 8.09. The van der Waals surface area contributed by atoms with Gasteiger partial charge in [-0.25, -0.2) is 0 Å². The van der Waals surface area contributed by atoms with Crippen LogP contribution in [0.3, 0.4) is 0 Å². The molecule has 1 aliphatic heterocycles. The van der Waals surface area contributed by atoms with E-state index >= 15 is 0 Å². The number of likely N-dealkylation sites (tertiary alicyclic amines) is 1. The quantitative estimate of drug-likeness (QED) is 0.858. The first-order valence-corrected chi connectivity index (χ1v) is 9.12. The van der Waals surface area contributed by atoms with Crippen molar-refractivity contribution >= 4 is 17.5 Å². The molecule has 1 heterocycles. The van der Waals surface area contributed by atoms with E-state index in [1.807, 2.05) is 0 Å². The van der Waals surface area contributed by atoms with Gasteiger partial charge in [-0.2, -0.15) is 0 Å². The zero-order valence-electron chi connectivity index (χ0n) is 15.5. The van der Waals surface area contributed by atoms with Crippen molar-refractivity contribution in [2.24, 2.45) is 5.41 Å². The number of nitrogens with zero attached hydrogens (tertiary/aromatic N) is 1. The molecular weight excluding hydrogens is 316 g/mol. The third-order valence-electron chi connectivity index (χ3n) is 4.41. The summed E-state index contributed by atoms with van der Waals surface area (Å²) in [6.45, 7) is 7.54. The van der Waals surface area contributed by atoms with E-state index in [4.69, 9.17) is 0 Å². The number of aliphatic hydroxyl groups excluding tert-OH is 1. The lowest BCUT2D eigenvalue weighted by atomic mass is 9.90. The SMILES string of the molecule is CC(C)(C)CCCC(=O)Nc1cccc(C(=O)N2CCCC(O)C2)c1. The molecule has 1 aromatic rings. The number of hydrogen-bond donors (Lipinski definition) is 2. The topological polar surface area (TPSA) is 69.6 Å². The molecule has 5 heteroatoms. The van der Waals surface area contributed by atoms with E-state index in [0.717, 1.165) is 25.7 Å². The van der Waals surface area contributed by atoms with Crippen LogP contribution in [0.25, 0.3) is 0 Å². The number of carbonyl (C=O) groups is 2. The van der Waals surface area contributed by atoms with Gasteiger partial charge in [0.25, 0.3) is 5.91 Å². The van der Waals surface area contributed by atoms with Gasteiger partial charge >= 0.3 is 0 Å². The summed E-state index contributed by atoms with van der Waals surface area (Å²) in [5, 5.41) is 12.6. The van der Waals surface area contributed by atoms with Crippen molar-refractivity contribution in [1.82, 2.24) is 4.90 Å². The van der Waals surface area contributed by atoms with Gasteiger partial charge in [-0.15, -0.1) is 0 Å². The molecule has 1 atom stereocenters. The number of piperidine rings is 1. The standard InChI is InChI=1S/C20H30N2O3/c1-20(2,3)11-5-10-18(24)21-16-8-4-7-15(13-16)19(25)22-12-6-9-17(23)14-22/h4,7-8,13,17,23H,5-6,9-12,14H2,1-3H3,(H,21,24). The summed E-state index contributed by atoms with van der Waals surface area (Å²) in [6, 6.07) is 7.03. The van der Waals surface area contributed by atoms with Crippen LogP contribution in [0.5, 0.6) is 0 Å². The molecule has 25 heavy (non-hydrogen) atoms. The normalized spacial score (nSPS) is 18.1. The van der Waals surface area contributed by atoms with Gasteiger partial charge < -0.3 is 15.3 Å². The van der Waals surface area contributed by atoms with Crippen molar-refractivity contribution in [3.63, 3.8) is 0 Å². The third kappa shape index (κ3) is 6.50. The van der Waals surface area contributed by atoms with Crippen molar-refractivity contribution in [2.75, 3.05) is 18.4 Å². The van der Waals surface area contributed by atoms with Gasteiger partial charge in [-0.3, -0.25) is 9.59 Å². The molecule has 0 aromatic heterocycles. The number of nitrogens with one attached hydrogen (secondary N) is 1. The lowest BCUT2D eigenvalue weighted by Gasteiger charge is -2.30. The average Bonchev–Trinajstić information content (AvgIpc) is 2.53. The van der Waals surface area contributed by atoms with Crippen molar-refractivity contribution < 1.29 is 14.7 Å². The zero-order chi connectivity index (χ0) is 18.4. The van der Waals surface area contributed by atoms with Crippen molar-refractivity contribution in [2.45, 2.75) is 59.0 Å². The van der Waals surface area contributed by atoms with Crippen molar-refractivity contribution in [3.8, 4) is 0 Å². The van der Waals surface area contributed by atoms with E-state index in [-0.39, 0.29) is 17.2 Å². The molecule has 1 aliphatic rings. The summed E-state index contributed by atoms with van der Waals surface area (Å²) < 4.78 is 0. The first-order valence-electron chi connectivity index (χ1n) is 9.12. The van der Waals surface area contributed by atoms with Crippen molar-refractivity contribution in [1.29, 1.82) is 0 Å². The van der Waals surface area contributed by atoms with Crippen LogP contribution in [-0.4, -0.2) is 41.0 Å². The Hall–Kier alpha value is -1.88. The van der Waals surface area contributed by atoms with E-state index in [0.29, 0.717) is 30.8 Å². The van der Waals surface area contributed by atoms with Crippen molar-refractivity contribution in [3.05, 3.63) is 29.8 Å². The third-order valence-corrected chi connectivity index (χ3v) is 4.41. The van der Waals surface area contributed by atoms with Crippen LogP contribution in [0.1, 0.15) is 63.2 Å². The molecule has 138 valence electrons. The second-order valence-electron chi connectivity index (χ2n) is 8.09. The molecule has 1 unspecified atom stereocenters. The second kappa shape index (κ2) is 8.48. The fourth-order valence-electron chi connectivity index (χ4n) is 3.05. The smallest absolute Gasteiger partial charge is 0.254 e. The zero-order valence-corrected chi connectivity index (χ0v) is 15.5. The maximum absolute atomic E-state index is 12.6. The molecule has 0 aliphatic carbocycles. The van der Waals surface area contributed by atoms with Gasteiger partial charge in [0.05, 0.1) is 6.10 Å². The van der Waals surface area contributed by atoms with Crippen LogP contribution in [0.2, 0.25) is 0 Å². The molecule has 2 amide bonds. The largest absolute Gasteiger partial charge is 0.391 e.